The number of unbranched alkanes of at least 4 members (excludes halogenated alkanes) is 10. The third-order valence-electron chi connectivity index (χ3n) is 4.63. The zero-order valence-corrected chi connectivity index (χ0v) is 18.0. The number of hydrogen-bond acceptors (Lipinski definition) is 4. The predicted molar refractivity (Wildman–Crippen MR) is 114 cm³/mol. The molecule has 0 atom stereocenters. The highest BCUT2D eigenvalue weighted by atomic mass is 16.5. The smallest absolute Gasteiger partial charge is 0.0701 e. The van der Waals surface area contributed by atoms with Gasteiger partial charge < -0.3 is 20.1 Å². The molecule has 0 rings (SSSR count). The van der Waals surface area contributed by atoms with Gasteiger partial charge in [0, 0.05) is 13.1 Å². The molecule has 26 heavy (non-hydrogen) atoms. The normalized spacial score (nSPS) is 11.3. The van der Waals surface area contributed by atoms with E-state index >= 15 is 0 Å². The molecule has 2 N–H and O–H groups in total. The van der Waals surface area contributed by atoms with Gasteiger partial charge in [-0.2, -0.15) is 0 Å². The number of rotatable bonds is 23. The second kappa shape index (κ2) is 24.8. The van der Waals surface area contributed by atoms with Gasteiger partial charge in [-0.1, -0.05) is 78.1 Å². The molecule has 0 fully saturated rings. The van der Waals surface area contributed by atoms with Crippen LogP contribution in [0.15, 0.2) is 0 Å². The van der Waals surface area contributed by atoms with E-state index in [2.05, 4.69) is 24.5 Å². The molecule has 0 aromatic rings. The van der Waals surface area contributed by atoms with E-state index in [0.29, 0.717) is 13.2 Å². The maximum atomic E-state index is 5.58. The average Bonchev–Trinajstić information content (AvgIpc) is 2.66. The van der Waals surface area contributed by atoms with Gasteiger partial charge in [0.05, 0.1) is 26.4 Å². The zero-order valence-electron chi connectivity index (χ0n) is 18.0. The van der Waals surface area contributed by atoms with Crippen LogP contribution in [-0.2, 0) is 9.47 Å². The standard InChI is InChI=1S/C22H48N2O2/c1-3-5-7-9-11-13-15-23-17-19-25-21-22-26-20-18-24-16-14-12-10-8-6-4-2/h23-24H,3-22H2,1-2H3. The molecule has 0 bridgehead atoms. The predicted octanol–water partition coefficient (Wildman–Crippen LogP) is 4.92. The Kier molecular flexibility index (Phi) is 24.7. The minimum Gasteiger partial charge on any atom is -0.378 e. The highest BCUT2D eigenvalue weighted by Gasteiger charge is 1.94. The molecule has 0 radical (unpaired) electrons. The van der Waals surface area contributed by atoms with Crippen LogP contribution in [0.2, 0.25) is 0 Å². The highest BCUT2D eigenvalue weighted by molar-refractivity contribution is 4.50. The van der Waals surface area contributed by atoms with Crippen molar-refractivity contribution in [2.75, 3.05) is 52.6 Å². The lowest BCUT2D eigenvalue weighted by Gasteiger charge is -2.08. The summed E-state index contributed by atoms with van der Waals surface area (Å²) < 4.78 is 11.2. The van der Waals surface area contributed by atoms with Crippen LogP contribution in [0.5, 0.6) is 0 Å². The van der Waals surface area contributed by atoms with Gasteiger partial charge in [-0.3, -0.25) is 0 Å². The first-order valence-electron chi connectivity index (χ1n) is 11.5. The van der Waals surface area contributed by atoms with E-state index < -0.39 is 0 Å². The zero-order chi connectivity index (χ0) is 19.0. The Balaban J connectivity index is 2.95. The van der Waals surface area contributed by atoms with Gasteiger partial charge in [-0.15, -0.1) is 0 Å². The molecular weight excluding hydrogens is 324 g/mol. The maximum Gasteiger partial charge on any atom is 0.0701 e. The second-order valence-electron chi connectivity index (χ2n) is 7.26. The Hall–Kier alpha value is -0.160. The molecular formula is C22H48N2O2. The van der Waals surface area contributed by atoms with Crippen molar-refractivity contribution in [2.24, 2.45) is 0 Å². The van der Waals surface area contributed by atoms with E-state index in [1.165, 1.54) is 77.0 Å². The summed E-state index contributed by atoms with van der Waals surface area (Å²) >= 11 is 0. The molecule has 0 heterocycles. The van der Waals surface area contributed by atoms with Crippen molar-refractivity contribution < 1.29 is 9.47 Å². The van der Waals surface area contributed by atoms with E-state index in [-0.39, 0.29) is 0 Å². The van der Waals surface area contributed by atoms with E-state index in [1.54, 1.807) is 0 Å². The van der Waals surface area contributed by atoms with E-state index in [9.17, 15) is 0 Å². The number of ether oxygens (including phenoxy) is 2. The summed E-state index contributed by atoms with van der Waals surface area (Å²) in [6, 6.07) is 0. The monoisotopic (exact) mass is 372 g/mol. The fourth-order valence-electron chi connectivity index (χ4n) is 2.92. The molecule has 0 aromatic heterocycles. The minimum atomic E-state index is 0.704. The van der Waals surface area contributed by atoms with E-state index in [1.807, 2.05) is 0 Å². The third kappa shape index (κ3) is 23.8. The Morgan fingerprint density at radius 3 is 1.23 bits per heavy atom. The largest absolute Gasteiger partial charge is 0.378 e. The lowest BCUT2D eigenvalue weighted by atomic mass is 10.1. The molecule has 0 aliphatic rings. The third-order valence-corrected chi connectivity index (χ3v) is 4.63. The topological polar surface area (TPSA) is 42.5 Å². The van der Waals surface area contributed by atoms with Gasteiger partial charge in [-0.05, 0) is 25.9 Å². The van der Waals surface area contributed by atoms with Crippen LogP contribution in [0.1, 0.15) is 90.9 Å². The summed E-state index contributed by atoms with van der Waals surface area (Å²) in [7, 11) is 0. The van der Waals surface area contributed by atoms with E-state index in [4.69, 9.17) is 9.47 Å². The summed E-state index contributed by atoms with van der Waals surface area (Å²) in [6.07, 6.45) is 16.3. The molecule has 158 valence electrons. The fraction of sp³-hybridized carbons (Fsp3) is 1.00. The van der Waals surface area contributed by atoms with Crippen molar-refractivity contribution in [3.05, 3.63) is 0 Å². The molecule has 0 aliphatic heterocycles. The quantitative estimate of drug-likeness (QED) is 0.250. The lowest BCUT2D eigenvalue weighted by molar-refractivity contribution is 0.0499. The Morgan fingerprint density at radius 2 is 0.808 bits per heavy atom. The first-order chi connectivity index (χ1) is 12.9. The van der Waals surface area contributed by atoms with Crippen molar-refractivity contribution in [3.8, 4) is 0 Å². The molecule has 4 nitrogen and oxygen atoms in total. The van der Waals surface area contributed by atoms with Gasteiger partial charge in [0.1, 0.15) is 0 Å². The van der Waals surface area contributed by atoms with Crippen LogP contribution in [0.3, 0.4) is 0 Å². The van der Waals surface area contributed by atoms with Crippen LogP contribution >= 0.6 is 0 Å². The summed E-state index contributed by atoms with van der Waals surface area (Å²) in [5, 5.41) is 6.89. The van der Waals surface area contributed by atoms with Crippen LogP contribution in [0.4, 0.5) is 0 Å². The summed E-state index contributed by atoms with van der Waals surface area (Å²) in [5.41, 5.74) is 0. The van der Waals surface area contributed by atoms with Gasteiger partial charge in [0.25, 0.3) is 0 Å². The summed E-state index contributed by atoms with van der Waals surface area (Å²) in [4.78, 5) is 0. The van der Waals surface area contributed by atoms with Crippen LogP contribution < -0.4 is 10.6 Å². The SMILES string of the molecule is CCCCCCCCNCCOCCOCCNCCCCCCCC. The van der Waals surface area contributed by atoms with Crippen LogP contribution in [-0.4, -0.2) is 52.6 Å². The molecule has 0 unspecified atom stereocenters. The number of nitrogens with one attached hydrogen (secondary N) is 2. The summed E-state index contributed by atoms with van der Waals surface area (Å²) in [5.74, 6) is 0. The van der Waals surface area contributed by atoms with Crippen LogP contribution in [0.25, 0.3) is 0 Å². The van der Waals surface area contributed by atoms with Gasteiger partial charge in [-0.25, -0.2) is 0 Å². The molecule has 0 aliphatic carbocycles. The Labute approximate surface area is 164 Å². The Morgan fingerprint density at radius 1 is 0.423 bits per heavy atom. The van der Waals surface area contributed by atoms with Crippen molar-refractivity contribution in [1.82, 2.24) is 10.6 Å². The van der Waals surface area contributed by atoms with Crippen molar-refractivity contribution in [1.29, 1.82) is 0 Å². The summed E-state index contributed by atoms with van der Waals surface area (Å²) in [6.45, 7) is 11.7. The minimum absolute atomic E-state index is 0.704. The van der Waals surface area contributed by atoms with E-state index in [0.717, 1.165) is 39.4 Å². The lowest BCUT2D eigenvalue weighted by Crippen LogP contribution is -2.23. The average molecular weight is 373 g/mol. The van der Waals surface area contributed by atoms with Crippen molar-refractivity contribution in [2.45, 2.75) is 90.9 Å². The first-order valence-corrected chi connectivity index (χ1v) is 11.5. The Bertz CT molecular complexity index is 216. The van der Waals surface area contributed by atoms with Crippen molar-refractivity contribution >= 4 is 0 Å². The molecule has 0 saturated heterocycles. The van der Waals surface area contributed by atoms with Crippen molar-refractivity contribution in [3.63, 3.8) is 0 Å². The van der Waals surface area contributed by atoms with Crippen LogP contribution in [0, 0.1) is 0 Å². The molecule has 0 saturated carbocycles. The molecule has 0 aromatic carbocycles. The molecule has 0 spiro atoms. The highest BCUT2D eigenvalue weighted by Crippen LogP contribution is 2.04. The van der Waals surface area contributed by atoms with Gasteiger partial charge in [0.2, 0.25) is 0 Å². The maximum absolute atomic E-state index is 5.58. The first kappa shape index (κ1) is 25.8. The fourth-order valence-corrected chi connectivity index (χ4v) is 2.92. The van der Waals surface area contributed by atoms with Gasteiger partial charge >= 0.3 is 0 Å². The number of hydrogen-bond donors (Lipinski definition) is 2. The molecule has 4 heteroatoms. The molecule has 0 amide bonds. The second-order valence-corrected chi connectivity index (χ2v) is 7.26. The van der Waals surface area contributed by atoms with Gasteiger partial charge in [0.15, 0.2) is 0 Å².